The molecule has 2 aromatic rings. The van der Waals surface area contributed by atoms with Gasteiger partial charge in [-0.1, -0.05) is 6.42 Å². The SMILES string of the molecule is C=C.CNC(=O)C1CCCC1Nc1nc(Nc2ccc(C=O)cc2)ncc1Br.CNC1CCN(C)CC1. The number of hydrogen-bond donors (Lipinski definition) is 4. The van der Waals surface area contributed by atoms with E-state index in [1.807, 2.05) is 0 Å². The van der Waals surface area contributed by atoms with Crippen LogP contribution in [-0.4, -0.2) is 73.4 Å². The number of rotatable bonds is 7. The van der Waals surface area contributed by atoms with Gasteiger partial charge in [-0.15, -0.1) is 13.2 Å². The highest BCUT2D eigenvalue weighted by Crippen LogP contribution is 2.31. The van der Waals surface area contributed by atoms with Crippen molar-refractivity contribution in [3.63, 3.8) is 0 Å². The average Bonchev–Trinajstić information content (AvgIpc) is 3.40. The van der Waals surface area contributed by atoms with Crippen LogP contribution in [0.3, 0.4) is 0 Å². The number of piperidine rings is 1. The predicted octanol–water partition coefficient (Wildman–Crippen LogP) is 4.22. The number of amides is 1. The summed E-state index contributed by atoms with van der Waals surface area (Å²) in [4.78, 5) is 33.9. The number of aldehydes is 1. The van der Waals surface area contributed by atoms with Gasteiger partial charge in [-0.2, -0.15) is 4.98 Å². The molecule has 0 bridgehead atoms. The zero-order chi connectivity index (χ0) is 27.2. The normalized spacial score (nSPS) is 19.5. The second-order valence-corrected chi connectivity index (χ2v) is 9.88. The lowest BCUT2D eigenvalue weighted by molar-refractivity contribution is -0.124. The van der Waals surface area contributed by atoms with Crippen LogP contribution in [0.4, 0.5) is 17.5 Å². The van der Waals surface area contributed by atoms with Gasteiger partial charge < -0.3 is 26.2 Å². The van der Waals surface area contributed by atoms with Crippen molar-refractivity contribution in [1.82, 2.24) is 25.5 Å². The minimum absolute atomic E-state index is 0.0425. The first kappa shape index (κ1) is 30.4. The standard InChI is InChI=1S/C18H20BrN5O2.C7H16N2.C2H4/c1-20-17(26)13-3-2-4-15(13)23-16-14(19)9-21-18(24-16)22-12-7-5-11(10-25)6-8-12;1-8-7-3-5-9(2)6-4-7;1-2/h5-10,13,15H,2-4H2,1H3,(H,20,26)(H2,21,22,23,24);7-8H,3-6H2,1-2H3;1-2H2. The van der Waals surface area contributed by atoms with Gasteiger partial charge in [-0.25, -0.2) is 4.98 Å². The second kappa shape index (κ2) is 16.1. The first-order valence-corrected chi connectivity index (χ1v) is 13.4. The van der Waals surface area contributed by atoms with Gasteiger partial charge in [0.15, 0.2) is 0 Å². The number of aromatic nitrogens is 2. The molecule has 1 aromatic carbocycles. The Bertz CT molecular complexity index is 981. The molecule has 1 aliphatic heterocycles. The van der Waals surface area contributed by atoms with Gasteiger partial charge in [0.1, 0.15) is 12.1 Å². The molecular formula is C27H40BrN7O2. The Morgan fingerprint density at radius 1 is 1.11 bits per heavy atom. The number of anilines is 3. The van der Waals surface area contributed by atoms with Crippen molar-refractivity contribution in [2.24, 2.45) is 5.92 Å². The molecule has 2 heterocycles. The molecule has 0 spiro atoms. The number of nitrogens with zero attached hydrogens (tertiary/aromatic N) is 3. The summed E-state index contributed by atoms with van der Waals surface area (Å²) in [6.07, 6.45) is 7.89. The summed E-state index contributed by atoms with van der Waals surface area (Å²) >= 11 is 3.46. The Kier molecular flexibility index (Phi) is 13.2. The molecule has 4 N–H and O–H groups in total. The number of nitrogens with one attached hydrogen (secondary N) is 4. The van der Waals surface area contributed by atoms with E-state index in [9.17, 15) is 9.59 Å². The minimum atomic E-state index is -0.0610. The summed E-state index contributed by atoms with van der Waals surface area (Å²) in [5.41, 5.74) is 1.39. The number of hydrogen-bond acceptors (Lipinski definition) is 8. The minimum Gasteiger partial charge on any atom is -0.365 e. The lowest BCUT2D eigenvalue weighted by Crippen LogP contribution is -2.39. The summed E-state index contributed by atoms with van der Waals surface area (Å²) in [5.74, 6) is 1.07. The third kappa shape index (κ3) is 9.53. The largest absolute Gasteiger partial charge is 0.365 e. The lowest BCUT2D eigenvalue weighted by atomic mass is 10.0. The third-order valence-electron chi connectivity index (χ3n) is 6.60. The van der Waals surface area contributed by atoms with Crippen molar-refractivity contribution in [3.8, 4) is 0 Å². The zero-order valence-electron chi connectivity index (χ0n) is 22.1. The van der Waals surface area contributed by atoms with Crippen molar-refractivity contribution in [1.29, 1.82) is 0 Å². The van der Waals surface area contributed by atoms with Gasteiger partial charge in [0.05, 0.1) is 10.4 Å². The molecule has 10 heteroatoms. The van der Waals surface area contributed by atoms with Gasteiger partial charge >= 0.3 is 0 Å². The maximum absolute atomic E-state index is 12.0. The molecule has 2 aliphatic rings. The van der Waals surface area contributed by atoms with Crippen LogP contribution in [0.1, 0.15) is 42.5 Å². The highest BCUT2D eigenvalue weighted by Gasteiger charge is 2.33. The Morgan fingerprint density at radius 3 is 2.38 bits per heavy atom. The maximum atomic E-state index is 12.0. The van der Waals surface area contributed by atoms with E-state index in [4.69, 9.17) is 0 Å². The monoisotopic (exact) mass is 573 g/mol. The number of carbonyl (C=O) groups excluding carboxylic acids is 2. The number of carbonyl (C=O) groups is 2. The molecule has 1 amide bonds. The highest BCUT2D eigenvalue weighted by molar-refractivity contribution is 9.10. The fourth-order valence-corrected chi connectivity index (χ4v) is 4.71. The Morgan fingerprint density at radius 2 is 1.78 bits per heavy atom. The molecule has 202 valence electrons. The first-order chi connectivity index (χ1) is 17.9. The molecule has 37 heavy (non-hydrogen) atoms. The number of likely N-dealkylation sites (tertiary alicyclic amines) is 1. The van der Waals surface area contributed by atoms with Crippen LogP contribution in [0.5, 0.6) is 0 Å². The highest BCUT2D eigenvalue weighted by atomic mass is 79.9. The molecule has 9 nitrogen and oxygen atoms in total. The zero-order valence-corrected chi connectivity index (χ0v) is 23.7. The van der Waals surface area contributed by atoms with Gasteiger partial charge in [-0.05, 0) is 93.1 Å². The number of halogens is 1. The van der Waals surface area contributed by atoms with E-state index in [0.717, 1.165) is 41.8 Å². The van der Waals surface area contributed by atoms with Crippen LogP contribution in [0, 0.1) is 5.92 Å². The number of benzene rings is 1. The van der Waals surface area contributed by atoms with Crippen LogP contribution in [0.25, 0.3) is 0 Å². The van der Waals surface area contributed by atoms with E-state index in [1.165, 1.54) is 25.9 Å². The van der Waals surface area contributed by atoms with E-state index < -0.39 is 0 Å². The molecule has 2 fully saturated rings. The van der Waals surface area contributed by atoms with E-state index in [2.05, 4.69) is 79.3 Å². The molecule has 4 rings (SSSR count). The van der Waals surface area contributed by atoms with Crippen molar-refractivity contribution in [3.05, 3.63) is 53.7 Å². The van der Waals surface area contributed by atoms with Crippen LogP contribution in [-0.2, 0) is 4.79 Å². The Labute approximate surface area is 229 Å². The first-order valence-electron chi connectivity index (χ1n) is 12.6. The van der Waals surface area contributed by atoms with Gasteiger partial charge in [0, 0.05) is 36.6 Å². The van der Waals surface area contributed by atoms with Gasteiger partial charge in [-0.3, -0.25) is 9.59 Å². The lowest BCUT2D eigenvalue weighted by Gasteiger charge is -2.28. The van der Waals surface area contributed by atoms with Crippen molar-refractivity contribution in [2.45, 2.75) is 44.2 Å². The molecule has 1 aliphatic carbocycles. The summed E-state index contributed by atoms with van der Waals surface area (Å²) in [7, 11) is 5.90. The average molecular weight is 575 g/mol. The molecule has 1 saturated heterocycles. The summed E-state index contributed by atoms with van der Waals surface area (Å²) in [5, 5.41) is 12.5. The predicted molar refractivity (Wildman–Crippen MR) is 154 cm³/mol. The fourth-order valence-electron chi connectivity index (χ4n) is 4.41. The molecule has 0 radical (unpaired) electrons. The van der Waals surface area contributed by atoms with E-state index in [0.29, 0.717) is 17.3 Å². The summed E-state index contributed by atoms with van der Waals surface area (Å²) in [6, 6.07) is 7.85. The van der Waals surface area contributed by atoms with Gasteiger partial charge in [0.25, 0.3) is 0 Å². The van der Waals surface area contributed by atoms with Crippen LogP contribution < -0.4 is 21.3 Å². The molecule has 1 aromatic heterocycles. The topological polar surface area (TPSA) is 111 Å². The van der Waals surface area contributed by atoms with Crippen LogP contribution in [0.2, 0.25) is 0 Å². The molecule has 1 saturated carbocycles. The summed E-state index contributed by atoms with van der Waals surface area (Å²) < 4.78 is 0.738. The van der Waals surface area contributed by atoms with E-state index >= 15 is 0 Å². The Hall–Kier alpha value is -2.82. The third-order valence-corrected chi connectivity index (χ3v) is 7.18. The van der Waals surface area contributed by atoms with Gasteiger partial charge in [0.2, 0.25) is 11.9 Å². The fraction of sp³-hybridized carbons (Fsp3) is 0.481. The smallest absolute Gasteiger partial charge is 0.229 e. The maximum Gasteiger partial charge on any atom is 0.229 e. The molecule has 2 atom stereocenters. The molecule has 2 unspecified atom stereocenters. The van der Waals surface area contributed by atoms with Crippen molar-refractivity contribution >= 4 is 45.6 Å². The van der Waals surface area contributed by atoms with E-state index in [1.54, 1.807) is 37.5 Å². The van der Waals surface area contributed by atoms with Crippen LogP contribution >= 0.6 is 15.9 Å². The van der Waals surface area contributed by atoms with Crippen molar-refractivity contribution in [2.75, 3.05) is 44.9 Å². The van der Waals surface area contributed by atoms with Crippen molar-refractivity contribution < 1.29 is 9.59 Å². The second-order valence-electron chi connectivity index (χ2n) is 9.02. The Balaban J connectivity index is 0.000000367. The van der Waals surface area contributed by atoms with E-state index in [-0.39, 0.29) is 17.9 Å². The molecular weight excluding hydrogens is 534 g/mol. The quantitative estimate of drug-likeness (QED) is 0.288. The van der Waals surface area contributed by atoms with Crippen LogP contribution in [0.15, 0.2) is 48.1 Å². The summed E-state index contributed by atoms with van der Waals surface area (Å²) in [6.45, 7) is 8.51.